The molecule has 2 heterocycles. The van der Waals surface area contributed by atoms with Gasteiger partial charge in [0.2, 0.25) is 0 Å². The quantitative estimate of drug-likeness (QED) is 0.701. The van der Waals surface area contributed by atoms with Gasteiger partial charge in [0.1, 0.15) is 0 Å². The molecule has 1 aliphatic heterocycles. The topological polar surface area (TPSA) is 37.2 Å². The largest absolute Gasteiger partial charge is 0.391 e. The van der Waals surface area contributed by atoms with Gasteiger partial charge >= 0.3 is 0 Å². The highest BCUT2D eigenvalue weighted by Gasteiger charge is 2.29. The van der Waals surface area contributed by atoms with E-state index in [2.05, 4.69) is 36.8 Å². The van der Waals surface area contributed by atoms with Crippen molar-refractivity contribution in [3.05, 3.63) is 23.0 Å². The monoisotopic (exact) mass is 194 g/mol. The van der Waals surface area contributed by atoms with Gasteiger partial charge in [-0.25, -0.2) is 0 Å². The molecule has 78 valence electrons. The van der Waals surface area contributed by atoms with E-state index in [4.69, 9.17) is 0 Å². The van der Waals surface area contributed by atoms with E-state index >= 15 is 0 Å². The van der Waals surface area contributed by atoms with Gasteiger partial charge in [-0.2, -0.15) is 0 Å². The van der Waals surface area contributed by atoms with Crippen LogP contribution in [0.1, 0.15) is 29.4 Å². The number of nitrogens with one attached hydrogen (secondary N) is 1. The first-order valence-corrected chi connectivity index (χ1v) is 5.15. The van der Waals surface area contributed by atoms with Crippen molar-refractivity contribution in [1.29, 1.82) is 0 Å². The molecule has 3 nitrogen and oxygen atoms in total. The molecule has 1 aromatic rings. The third-order valence-electron chi connectivity index (χ3n) is 3.20. The lowest BCUT2D eigenvalue weighted by Gasteiger charge is -2.18. The molecule has 1 saturated heterocycles. The third kappa shape index (κ3) is 1.37. The summed E-state index contributed by atoms with van der Waals surface area (Å²) in [5, 5.41) is 13.2. The van der Waals surface area contributed by atoms with E-state index in [1.54, 1.807) is 0 Å². The SMILES string of the molecule is Cc1cc(C)n(C)c1C1NCCC1O. The van der Waals surface area contributed by atoms with Crippen LogP contribution in [-0.2, 0) is 7.05 Å². The number of nitrogens with zero attached hydrogens (tertiary/aromatic N) is 1. The maximum Gasteiger partial charge on any atom is 0.0761 e. The van der Waals surface area contributed by atoms with Gasteiger partial charge in [-0.3, -0.25) is 0 Å². The van der Waals surface area contributed by atoms with Crippen LogP contribution in [0, 0.1) is 13.8 Å². The second-order valence-corrected chi connectivity index (χ2v) is 4.20. The first kappa shape index (κ1) is 9.74. The minimum atomic E-state index is -0.235. The van der Waals surface area contributed by atoms with Crippen molar-refractivity contribution >= 4 is 0 Å². The Morgan fingerprint density at radius 2 is 2.21 bits per heavy atom. The van der Waals surface area contributed by atoms with Crippen LogP contribution >= 0.6 is 0 Å². The Labute approximate surface area is 84.7 Å². The summed E-state index contributed by atoms with van der Waals surface area (Å²) in [6.07, 6.45) is 0.621. The van der Waals surface area contributed by atoms with E-state index in [9.17, 15) is 5.11 Å². The van der Waals surface area contributed by atoms with Gasteiger partial charge in [0, 0.05) is 18.4 Å². The summed E-state index contributed by atoms with van der Waals surface area (Å²) in [6, 6.07) is 2.29. The normalized spacial score (nSPS) is 27.1. The Balaban J connectivity index is 2.39. The minimum Gasteiger partial charge on any atom is -0.391 e. The molecule has 14 heavy (non-hydrogen) atoms. The second-order valence-electron chi connectivity index (χ2n) is 4.20. The number of aromatic nitrogens is 1. The molecule has 1 aromatic heterocycles. The van der Waals surface area contributed by atoms with Gasteiger partial charge in [-0.05, 0) is 38.4 Å². The molecule has 2 unspecified atom stereocenters. The molecule has 0 amide bonds. The molecule has 0 spiro atoms. The standard InChI is InChI=1S/C11H18N2O/c1-7-6-8(2)13(3)11(7)10-9(14)4-5-12-10/h6,9-10,12,14H,4-5H2,1-3H3. The zero-order valence-electron chi connectivity index (χ0n) is 9.04. The van der Waals surface area contributed by atoms with Crippen molar-refractivity contribution in [2.24, 2.45) is 7.05 Å². The lowest BCUT2D eigenvalue weighted by molar-refractivity contribution is 0.157. The van der Waals surface area contributed by atoms with Crippen LogP contribution in [-0.4, -0.2) is 22.3 Å². The Morgan fingerprint density at radius 3 is 2.64 bits per heavy atom. The molecule has 0 aromatic carbocycles. The van der Waals surface area contributed by atoms with Gasteiger partial charge in [0.15, 0.2) is 0 Å². The Morgan fingerprint density at radius 1 is 1.50 bits per heavy atom. The fourth-order valence-electron chi connectivity index (χ4n) is 2.36. The van der Waals surface area contributed by atoms with Crippen molar-refractivity contribution < 1.29 is 5.11 Å². The third-order valence-corrected chi connectivity index (χ3v) is 3.20. The van der Waals surface area contributed by atoms with Crippen LogP contribution in [0.2, 0.25) is 0 Å². The highest BCUT2D eigenvalue weighted by molar-refractivity contribution is 5.30. The van der Waals surface area contributed by atoms with Gasteiger partial charge < -0.3 is 15.0 Å². The molecule has 0 radical (unpaired) electrons. The molecular formula is C11H18N2O. The molecule has 3 heteroatoms. The van der Waals surface area contributed by atoms with Crippen molar-refractivity contribution in [3.63, 3.8) is 0 Å². The molecule has 1 aliphatic rings. The lowest BCUT2D eigenvalue weighted by Crippen LogP contribution is -2.24. The van der Waals surface area contributed by atoms with Crippen molar-refractivity contribution in [3.8, 4) is 0 Å². The average Bonchev–Trinajstić information content (AvgIpc) is 2.60. The Kier molecular flexibility index (Phi) is 2.37. The number of rotatable bonds is 1. The van der Waals surface area contributed by atoms with E-state index in [1.165, 1.54) is 17.0 Å². The zero-order chi connectivity index (χ0) is 10.3. The predicted molar refractivity (Wildman–Crippen MR) is 56.3 cm³/mol. The van der Waals surface area contributed by atoms with E-state index in [-0.39, 0.29) is 12.1 Å². The fraction of sp³-hybridized carbons (Fsp3) is 0.636. The highest BCUT2D eigenvalue weighted by Crippen LogP contribution is 2.27. The second kappa shape index (κ2) is 3.41. The number of hydrogen-bond donors (Lipinski definition) is 2. The molecule has 1 fully saturated rings. The molecule has 2 rings (SSSR count). The first-order chi connectivity index (χ1) is 6.61. The number of aliphatic hydroxyl groups excluding tert-OH is 1. The van der Waals surface area contributed by atoms with Crippen LogP contribution in [0.4, 0.5) is 0 Å². The summed E-state index contributed by atoms with van der Waals surface area (Å²) < 4.78 is 2.17. The van der Waals surface area contributed by atoms with Gasteiger partial charge in [0.25, 0.3) is 0 Å². The van der Waals surface area contributed by atoms with E-state index in [1.807, 2.05) is 0 Å². The number of aryl methyl sites for hydroxylation is 2. The molecule has 2 atom stereocenters. The highest BCUT2D eigenvalue weighted by atomic mass is 16.3. The van der Waals surface area contributed by atoms with Crippen LogP contribution < -0.4 is 5.32 Å². The van der Waals surface area contributed by atoms with E-state index in [0.717, 1.165) is 13.0 Å². The van der Waals surface area contributed by atoms with Crippen molar-refractivity contribution in [1.82, 2.24) is 9.88 Å². The molecule has 0 aliphatic carbocycles. The van der Waals surface area contributed by atoms with Crippen molar-refractivity contribution in [2.45, 2.75) is 32.4 Å². The summed E-state index contributed by atoms with van der Waals surface area (Å²) in [5.41, 5.74) is 3.74. The summed E-state index contributed by atoms with van der Waals surface area (Å²) in [7, 11) is 2.06. The van der Waals surface area contributed by atoms with E-state index < -0.39 is 0 Å². The summed E-state index contributed by atoms with van der Waals surface area (Å²) in [5.74, 6) is 0. The molecular weight excluding hydrogens is 176 g/mol. The average molecular weight is 194 g/mol. The summed E-state index contributed by atoms with van der Waals surface area (Å²) in [4.78, 5) is 0. The Hall–Kier alpha value is -0.800. The molecule has 0 saturated carbocycles. The minimum absolute atomic E-state index is 0.119. The maximum atomic E-state index is 9.82. The lowest BCUT2D eigenvalue weighted by atomic mass is 10.1. The number of hydrogen-bond acceptors (Lipinski definition) is 2. The van der Waals surface area contributed by atoms with Gasteiger partial charge in [-0.1, -0.05) is 0 Å². The van der Waals surface area contributed by atoms with Gasteiger partial charge in [0.05, 0.1) is 12.1 Å². The van der Waals surface area contributed by atoms with Crippen LogP contribution in [0.5, 0.6) is 0 Å². The fourth-order valence-corrected chi connectivity index (χ4v) is 2.36. The number of aliphatic hydroxyl groups is 1. The summed E-state index contributed by atoms with van der Waals surface area (Å²) in [6.45, 7) is 5.11. The van der Waals surface area contributed by atoms with Gasteiger partial charge in [-0.15, -0.1) is 0 Å². The Bertz CT molecular complexity index is 343. The van der Waals surface area contributed by atoms with Crippen LogP contribution in [0.25, 0.3) is 0 Å². The molecule has 2 N–H and O–H groups in total. The maximum absolute atomic E-state index is 9.82. The first-order valence-electron chi connectivity index (χ1n) is 5.15. The van der Waals surface area contributed by atoms with Crippen LogP contribution in [0.15, 0.2) is 6.07 Å². The van der Waals surface area contributed by atoms with E-state index in [0.29, 0.717) is 0 Å². The van der Waals surface area contributed by atoms with Crippen molar-refractivity contribution in [2.75, 3.05) is 6.54 Å². The zero-order valence-corrected chi connectivity index (χ0v) is 9.04. The summed E-state index contributed by atoms with van der Waals surface area (Å²) >= 11 is 0. The smallest absolute Gasteiger partial charge is 0.0761 e. The van der Waals surface area contributed by atoms with Crippen LogP contribution in [0.3, 0.4) is 0 Å². The molecule has 0 bridgehead atoms. The predicted octanol–water partition coefficient (Wildman–Crippen LogP) is 1.04.